The fourth-order valence-corrected chi connectivity index (χ4v) is 4.26. The number of rotatable bonds is 9. The van der Waals surface area contributed by atoms with Crippen molar-refractivity contribution in [3.05, 3.63) is 29.8 Å². The van der Waals surface area contributed by atoms with Gasteiger partial charge in [0.2, 0.25) is 0 Å². The van der Waals surface area contributed by atoms with Crippen molar-refractivity contribution in [1.29, 1.82) is 0 Å². The van der Waals surface area contributed by atoms with Crippen LogP contribution in [-0.2, 0) is 4.74 Å². The molecule has 0 aliphatic carbocycles. The van der Waals surface area contributed by atoms with Crippen LogP contribution in [0.1, 0.15) is 37.8 Å². The van der Waals surface area contributed by atoms with Gasteiger partial charge in [-0.2, -0.15) is 0 Å². The Balaban J connectivity index is 1.66. The highest BCUT2D eigenvalue weighted by molar-refractivity contribution is 5.79. The van der Waals surface area contributed by atoms with Crippen LogP contribution in [0.4, 0.5) is 0 Å². The molecular weight excluding hydrogens is 378 g/mol. The molecule has 1 unspecified atom stereocenters. The zero-order valence-corrected chi connectivity index (χ0v) is 18.7. The van der Waals surface area contributed by atoms with Gasteiger partial charge in [-0.05, 0) is 38.9 Å². The molecule has 1 aromatic carbocycles. The van der Waals surface area contributed by atoms with Crippen molar-refractivity contribution in [2.75, 3.05) is 72.7 Å². The van der Waals surface area contributed by atoms with E-state index in [-0.39, 0.29) is 6.04 Å². The van der Waals surface area contributed by atoms with E-state index in [2.05, 4.69) is 45.6 Å². The fraction of sp³-hybridized carbons (Fsp3) is 0.696. The van der Waals surface area contributed by atoms with Crippen molar-refractivity contribution in [2.24, 2.45) is 4.99 Å². The van der Waals surface area contributed by atoms with Gasteiger partial charge in [-0.1, -0.05) is 24.6 Å². The van der Waals surface area contributed by atoms with Gasteiger partial charge in [0, 0.05) is 38.3 Å². The summed E-state index contributed by atoms with van der Waals surface area (Å²) in [6.07, 6.45) is 3.84. The number of guanidine groups is 1. The first kappa shape index (κ1) is 22.8. The molecular formula is C23H39N5O2. The maximum Gasteiger partial charge on any atom is 0.191 e. The zero-order valence-electron chi connectivity index (χ0n) is 18.7. The summed E-state index contributed by atoms with van der Waals surface area (Å²) in [5.74, 6) is 1.84. The molecule has 2 heterocycles. The monoisotopic (exact) mass is 417 g/mol. The van der Waals surface area contributed by atoms with E-state index in [0.717, 1.165) is 70.7 Å². The van der Waals surface area contributed by atoms with Crippen LogP contribution in [0.15, 0.2) is 29.3 Å². The molecule has 3 rings (SSSR count). The highest BCUT2D eigenvalue weighted by atomic mass is 16.5. The van der Waals surface area contributed by atoms with Crippen LogP contribution < -0.4 is 15.4 Å². The molecule has 0 aromatic heterocycles. The van der Waals surface area contributed by atoms with Crippen LogP contribution in [0.25, 0.3) is 0 Å². The minimum absolute atomic E-state index is 0.233. The van der Waals surface area contributed by atoms with E-state index in [1.165, 1.54) is 24.8 Å². The molecule has 7 heteroatoms. The van der Waals surface area contributed by atoms with Crippen LogP contribution >= 0.6 is 0 Å². The molecule has 0 radical (unpaired) electrons. The van der Waals surface area contributed by atoms with Crippen molar-refractivity contribution >= 4 is 5.96 Å². The average molecular weight is 418 g/mol. The Hall–Kier alpha value is -1.83. The largest absolute Gasteiger partial charge is 0.496 e. The number of morpholine rings is 1. The summed E-state index contributed by atoms with van der Waals surface area (Å²) in [5, 5.41) is 6.92. The van der Waals surface area contributed by atoms with Crippen molar-refractivity contribution in [3.63, 3.8) is 0 Å². The number of ether oxygens (including phenoxy) is 2. The molecule has 30 heavy (non-hydrogen) atoms. The second kappa shape index (κ2) is 12.8. The second-order valence-corrected chi connectivity index (χ2v) is 7.95. The van der Waals surface area contributed by atoms with Gasteiger partial charge in [-0.15, -0.1) is 0 Å². The zero-order chi connectivity index (χ0) is 21.0. The average Bonchev–Trinajstić information content (AvgIpc) is 2.81. The normalized spacial score (nSPS) is 20.0. The van der Waals surface area contributed by atoms with Crippen LogP contribution in [0.5, 0.6) is 5.75 Å². The minimum Gasteiger partial charge on any atom is -0.496 e. The van der Waals surface area contributed by atoms with Crippen LogP contribution in [0.2, 0.25) is 0 Å². The van der Waals surface area contributed by atoms with Crippen molar-refractivity contribution in [2.45, 2.75) is 32.2 Å². The lowest BCUT2D eigenvalue weighted by molar-refractivity contribution is 0.0389. The summed E-state index contributed by atoms with van der Waals surface area (Å²) < 4.78 is 11.1. The lowest BCUT2D eigenvalue weighted by Gasteiger charge is -2.34. The smallest absolute Gasteiger partial charge is 0.191 e. The molecule has 0 spiro atoms. The van der Waals surface area contributed by atoms with Gasteiger partial charge in [-0.25, -0.2) is 0 Å². The SMILES string of the molecule is CCNC(=NCC(c1ccccc1OC)N1CCCCC1)NCCN1CCOCC1. The first-order valence-corrected chi connectivity index (χ1v) is 11.5. The molecule has 1 aromatic rings. The number of benzene rings is 1. The van der Waals surface area contributed by atoms with Crippen molar-refractivity contribution in [1.82, 2.24) is 20.4 Å². The summed E-state index contributed by atoms with van der Waals surface area (Å²) in [5.41, 5.74) is 1.23. The number of hydrogen-bond donors (Lipinski definition) is 2. The molecule has 2 fully saturated rings. The quantitative estimate of drug-likeness (QED) is 0.474. The third-order valence-corrected chi connectivity index (χ3v) is 5.92. The molecule has 7 nitrogen and oxygen atoms in total. The highest BCUT2D eigenvalue weighted by Gasteiger charge is 2.24. The molecule has 2 saturated heterocycles. The number of nitrogens with one attached hydrogen (secondary N) is 2. The highest BCUT2D eigenvalue weighted by Crippen LogP contribution is 2.31. The van der Waals surface area contributed by atoms with E-state index in [0.29, 0.717) is 6.54 Å². The van der Waals surface area contributed by atoms with E-state index in [1.807, 2.05) is 6.07 Å². The number of likely N-dealkylation sites (tertiary alicyclic amines) is 1. The summed E-state index contributed by atoms with van der Waals surface area (Å²) in [6, 6.07) is 8.62. The number of hydrogen-bond acceptors (Lipinski definition) is 5. The maximum absolute atomic E-state index is 5.68. The van der Waals surface area contributed by atoms with Crippen LogP contribution in [-0.4, -0.2) is 88.4 Å². The van der Waals surface area contributed by atoms with Gasteiger partial charge >= 0.3 is 0 Å². The van der Waals surface area contributed by atoms with Crippen LogP contribution in [0, 0.1) is 0 Å². The summed E-state index contributed by atoms with van der Waals surface area (Å²) >= 11 is 0. The first-order chi connectivity index (χ1) is 14.8. The number of piperidine rings is 1. The van der Waals surface area contributed by atoms with E-state index in [4.69, 9.17) is 14.5 Å². The molecule has 0 saturated carbocycles. The molecule has 0 amide bonds. The third-order valence-electron chi connectivity index (χ3n) is 5.92. The third kappa shape index (κ3) is 6.86. The van der Waals surface area contributed by atoms with Crippen LogP contribution in [0.3, 0.4) is 0 Å². The molecule has 1 atom stereocenters. The number of aliphatic imine (C=N–C) groups is 1. The Bertz CT molecular complexity index is 642. The fourth-order valence-electron chi connectivity index (χ4n) is 4.26. The second-order valence-electron chi connectivity index (χ2n) is 7.95. The summed E-state index contributed by atoms with van der Waals surface area (Å²) in [4.78, 5) is 9.98. The standard InChI is InChI=1S/C23H39N5O2/c1-3-24-23(25-11-14-27-15-17-30-18-16-27)26-19-21(28-12-7-4-8-13-28)20-9-5-6-10-22(20)29-2/h5-6,9-10,21H,3-4,7-8,11-19H2,1-2H3,(H2,24,25,26). The topological polar surface area (TPSA) is 61.4 Å². The van der Waals surface area contributed by atoms with Crippen molar-refractivity contribution in [3.8, 4) is 5.75 Å². The first-order valence-electron chi connectivity index (χ1n) is 11.5. The molecule has 168 valence electrons. The number of methoxy groups -OCH3 is 1. The maximum atomic E-state index is 5.68. The van der Waals surface area contributed by atoms with E-state index < -0.39 is 0 Å². The molecule has 0 bridgehead atoms. The van der Waals surface area contributed by atoms with E-state index >= 15 is 0 Å². The molecule has 2 aliphatic heterocycles. The predicted molar refractivity (Wildman–Crippen MR) is 122 cm³/mol. The summed E-state index contributed by atoms with van der Waals surface area (Å²) in [7, 11) is 1.76. The van der Waals surface area contributed by atoms with E-state index in [1.54, 1.807) is 7.11 Å². The van der Waals surface area contributed by atoms with Gasteiger partial charge in [0.05, 0.1) is 32.9 Å². The number of para-hydroxylation sites is 1. The van der Waals surface area contributed by atoms with Gasteiger partial charge in [0.25, 0.3) is 0 Å². The molecule has 2 N–H and O–H groups in total. The Morgan fingerprint density at radius 2 is 1.87 bits per heavy atom. The van der Waals surface area contributed by atoms with Gasteiger partial charge in [0.15, 0.2) is 5.96 Å². The summed E-state index contributed by atoms with van der Waals surface area (Å²) in [6.45, 7) is 11.5. The minimum atomic E-state index is 0.233. The molecule has 2 aliphatic rings. The van der Waals surface area contributed by atoms with E-state index in [9.17, 15) is 0 Å². The Kier molecular flexibility index (Phi) is 9.73. The van der Waals surface area contributed by atoms with Gasteiger partial charge in [0.1, 0.15) is 5.75 Å². The van der Waals surface area contributed by atoms with Gasteiger partial charge in [-0.3, -0.25) is 14.8 Å². The lowest BCUT2D eigenvalue weighted by Crippen LogP contribution is -2.44. The Morgan fingerprint density at radius 1 is 1.10 bits per heavy atom. The lowest BCUT2D eigenvalue weighted by atomic mass is 10.0. The Morgan fingerprint density at radius 3 is 2.60 bits per heavy atom. The predicted octanol–water partition coefficient (Wildman–Crippen LogP) is 2.11. The Labute approximate surface area is 181 Å². The van der Waals surface area contributed by atoms with Crippen molar-refractivity contribution < 1.29 is 9.47 Å². The van der Waals surface area contributed by atoms with Gasteiger partial charge < -0.3 is 20.1 Å². The number of nitrogens with zero attached hydrogens (tertiary/aromatic N) is 3.